The average molecular weight is 329 g/mol. The first-order valence-electron chi connectivity index (χ1n) is 9.37. The van der Waals surface area contributed by atoms with Gasteiger partial charge in [-0.2, -0.15) is 0 Å². The molecule has 0 aromatic carbocycles. The summed E-state index contributed by atoms with van der Waals surface area (Å²) in [5.74, 6) is -1.04. The summed E-state index contributed by atoms with van der Waals surface area (Å²) in [6, 6.07) is 0. The molecule has 0 aliphatic rings. The van der Waals surface area contributed by atoms with Crippen molar-refractivity contribution >= 4 is 5.97 Å². The quantitative estimate of drug-likeness (QED) is 0.289. The number of carboxylic acid groups (broad SMARTS) is 1. The fourth-order valence-corrected chi connectivity index (χ4v) is 3.38. The summed E-state index contributed by atoms with van der Waals surface area (Å²) in [6.07, 6.45) is 9.42. The fourth-order valence-electron chi connectivity index (χ4n) is 3.38. The van der Waals surface area contributed by atoms with Crippen LogP contribution in [0, 0.1) is 5.92 Å². The van der Waals surface area contributed by atoms with Crippen molar-refractivity contribution < 1.29 is 19.5 Å². The molecule has 0 spiro atoms. The zero-order chi connectivity index (χ0) is 17.7. The number of unbranched alkanes of at least 4 members (excludes halogenated alkanes) is 2. The minimum atomic E-state index is -0.713. The number of rotatable bonds is 14. The Morgan fingerprint density at radius 2 is 1.65 bits per heavy atom. The third kappa shape index (κ3) is 9.11. The van der Waals surface area contributed by atoms with Crippen molar-refractivity contribution in [3.8, 4) is 0 Å². The number of carbonyl (C=O) groups is 1. The first kappa shape index (κ1) is 22.1. The van der Waals surface area contributed by atoms with Crippen LogP contribution >= 0.6 is 0 Å². The number of quaternary nitrogens is 1. The molecule has 2 N–H and O–H groups in total. The van der Waals surface area contributed by atoms with Crippen LogP contribution in [0.2, 0.25) is 0 Å². The van der Waals surface area contributed by atoms with Crippen LogP contribution in [0.5, 0.6) is 0 Å². The third-order valence-electron chi connectivity index (χ3n) is 4.50. The lowest BCUT2D eigenvalue weighted by atomic mass is 10.0. The van der Waals surface area contributed by atoms with Crippen LogP contribution in [-0.2, 0) is 4.79 Å². The normalized spacial score (nSPS) is 15.0. The number of aliphatic hydroxyl groups excluding tert-OH is 1. The molecule has 4 nitrogen and oxygen atoms in total. The van der Waals surface area contributed by atoms with Crippen molar-refractivity contribution in [3.05, 3.63) is 12.2 Å². The van der Waals surface area contributed by atoms with E-state index in [1.807, 2.05) is 13.0 Å². The number of aliphatic carboxylic acids is 1. The molecule has 0 aliphatic heterocycles. The van der Waals surface area contributed by atoms with Gasteiger partial charge in [0.15, 0.2) is 0 Å². The molecule has 0 heterocycles. The predicted octanol–water partition coefficient (Wildman–Crippen LogP) is 3.84. The fraction of sp³-hybridized carbons (Fsp3) is 0.842. The predicted molar refractivity (Wildman–Crippen MR) is 96.4 cm³/mol. The van der Waals surface area contributed by atoms with E-state index in [0.717, 1.165) is 45.2 Å². The Labute approximate surface area is 142 Å². The molecule has 0 aliphatic carbocycles. The van der Waals surface area contributed by atoms with Gasteiger partial charge in [0.25, 0.3) is 0 Å². The molecule has 0 radical (unpaired) electrons. The van der Waals surface area contributed by atoms with Gasteiger partial charge >= 0.3 is 5.97 Å². The van der Waals surface area contributed by atoms with Crippen LogP contribution in [0.4, 0.5) is 0 Å². The highest BCUT2D eigenvalue weighted by atomic mass is 16.4. The Balaban J connectivity index is 5.01. The second-order valence-electron chi connectivity index (χ2n) is 6.74. The molecule has 0 fully saturated rings. The Morgan fingerprint density at radius 1 is 1.04 bits per heavy atom. The SMILES string of the molecule is CCCC/C=C/C(O)C[N+](CCC)(CCC)CC(CC)C(=O)O. The van der Waals surface area contributed by atoms with Crippen molar-refractivity contribution in [3.63, 3.8) is 0 Å². The monoisotopic (exact) mass is 328 g/mol. The maximum absolute atomic E-state index is 11.5. The standard InChI is InChI=1S/C19H37NO3/c1-5-9-10-11-12-18(21)16-20(13-6-2,14-7-3)15-17(8-4)19(22)23/h11-12,17-18,21H,5-10,13-16H2,1-4H3/p+1/b12-11+. The molecule has 0 aromatic heterocycles. The highest BCUT2D eigenvalue weighted by Crippen LogP contribution is 2.18. The van der Waals surface area contributed by atoms with Gasteiger partial charge in [-0.25, -0.2) is 0 Å². The first-order valence-corrected chi connectivity index (χ1v) is 9.37. The Hall–Kier alpha value is -0.870. The van der Waals surface area contributed by atoms with Gasteiger partial charge in [-0.05, 0) is 25.7 Å². The van der Waals surface area contributed by atoms with Gasteiger partial charge in [-0.1, -0.05) is 52.7 Å². The van der Waals surface area contributed by atoms with Crippen molar-refractivity contribution in [2.75, 3.05) is 26.2 Å². The van der Waals surface area contributed by atoms with Crippen LogP contribution in [0.3, 0.4) is 0 Å². The molecule has 0 amide bonds. The largest absolute Gasteiger partial charge is 0.481 e. The van der Waals surface area contributed by atoms with Gasteiger partial charge in [-0.15, -0.1) is 0 Å². The zero-order valence-corrected chi connectivity index (χ0v) is 15.6. The second kappa shape index (κ2) is 12.5. The van der Waals surface area contributed by atoms with Gasteiger partial charge in [-0.3, -0.25) is 4.79 Å². The third-order valence-corrected chi connectivity index (χ3v) is 4.50. The second-order valence-corrected chi connectivity index (χ2v) is 6.74. The maximum Gasteiger partial charge on any atom is 0.312 e. The van der Waals surface area contributed by atoms with Crippen molar-refractivity contribution in [1.82, 2.24) is 0 Å². The maximum atomic E-state index is 11.5. The van der Waals surface area contributed by atoms with E-state index in [1.54, 1.807) is 0 Å². The van der Waals surface area contributed by atoms with Gasteiger partial charge in [0.05, 0.1) is 19.6 Å². The van der Waals surface area contributed by atoms with Crippen LogP contribution < -0.4 is 0 Å². The summed E-state index contributed by atoms with van der Waals surface area (Å²) in [6.45, 7) is 11.5. The van der Waals surface area contributed by atoms with Crippen LogP contribution in [0.1, 0.15) is 66.2 Å². The molecular weight excluding hydrogens is 290 g/mol. The topological polar surface area (TPSA) is 57.5 Å². The van der Waals surface area contributed by atoms with E-state index in [4.69, 9.17) is 0 Å². The summed E-state index contributed by atoms with van der Waals surface area (Å²) in [4.78, 5) is 11.5. The highest BCUT2D eigenvalue weighted by molar-refractivity contribution is 5.69. The minimum Gasteiger partial charge on any atom is -0.481 e. The number of nitrogens with zero attached hydrogens (tertiary/aromatic N) is 1. The van der Waals surface area contributed by atoms with Crippen molar-refractivity contribution in [2.45, 2.75) is 72.3 Å². The lowest BCUT2D eigenvalue weighted by Crippen LogP contribution is -2.56. The summed E-state index contributed by atoms with van der Waals surface area (Å²) in [7, 11) is 0. The van der Waals surface area contributed by atoms with E-state index >= 15 is 0 Å². The molecule has 4 heteroatoms. The number of hydrogen-bond acceptors (Lipinski definition) is 2. The van der Waals surface area contributed by atoms with E-state index < -0.39 is 12.1 Å². The van der Waals surface area contributed by atoms with E-state index in [2.05, 4.69) is 26.8 Å². The molecule has 136 valence electrons. The first-order chi connectivity index (χ1) is 10.9. The number of hydrogen-bond donors (Lipinski definition) is 2. The van der Waals surface area contributed by atoms with Gasteiger partial charge in [0.2, 0.25) is 0 Å². The van der Waals surface area contributed by atoms with Crippen molar-refractivity contribution in [2.24, 2.45) is 5.92 Å². The molecule has 0 saturated carbocycles. The molecule has 0 saturated heterocycles. The lowest BCUT2D eigenvalue weighted by molar-refractivity contribution is -0.932. The minimum absolute atomic E-state index is 0.329. The Morgan fingerprint density at radius 3 is 2.09 bits per heavy atom. The zero-order valence-electron chi connectivity index (χ0n) is 15.6. The van der Waals surface area contributed by atoms with E-state index in [0.29, 0.717) is 24.0 Å². The molecule has 0 aromatic rings. The highest BCUT2D eigenvalue weighted by Gasteiger charge is 2.33. The van der Waals surface area contributed by atoms with Crippen LogP contribution in [-0.4, -0.2) is 52.9 Å². The Bertz CT molecular complexity index is 336. The van der Waals surface area contributed by atoms with Gasteiger partial charge < -0.3 is 14.7 Å². The van der Waals surface area contributed by atoms with Gasteiger partial charge in [0.1, 0.15) is 18.6 Å². The van der Waals surface area contributed by atoms with Crippen molar-refractivity contribution in [1.29, 1.82) is 0 Å². The lowest BCUT2D eigenvalue weighted by Gasteiger charge is -2.41. The number of carboxylic acids is 1. The average Bonchev–Trinajstić information content (AvgIpc) is 2.49. The Kier molecular flexibility index (Phi) is 12.1. The van der Waals surface area contributed by atoms with E-state index in [-0.39, 0.29) is 5.92 Å². The van der Waals surface area contributed by atoms with Crippen LogP contribution in [0.25, 0.3) is 0 Å². The number of allylic oxidation sites excluding steroid dienone is 1. The molecular formula is C19H38NO3+. The molecule has 2 atom stereocenters. The molecule has 2 unspecified atom stereocenters. The molecule has 23 heavy (non-hydrogen) atoms. The van der Waals surface area contributed by atoms with Crippen LogP contribution in [0.15, 0.2) is 12.2 Å². The number of aliphatic hydroxyl groups is 1. The van der Waals surface area contributed by atoms with E-state index in [9.17, 15) is 15.0 Å². The molecule has 0 rings (SSSR count). The van der Waals surface area contributed by atoms with E-state index in [1.165, 1.54) is 0 Å². The molecule has 0 bridgehead atoms. The smallest absolute Gasteiger partial charge is 0.312 e. The summed E-state index contributed by atoms with van der Waals surface area (Å²) >= 11 is 0. The summed E-state index contributed by atoms with van der Waals surface area (Å²) in [5, 5.41) is 19.8. The summed E-state index contributed by atoms with van der Waals surface area (Å²) < 4.78 is 0.705. The summed E-state index contributed by atoms with van der Waals surface area (Å²) in [5.41, 5.74) is 0. The van der Waals surface area contributed by atoms with Gasteiger partial charge in [0, 0.05) is 0 Å².